The van der Waals surface area contributed by atoms with Crippen LogP contribution in [-0.4, -0.2) is 22.8 Å². The zero-order chi connectivity index (χ0) is 11.4. The van der Waals surface area contributed by atoms with Gasteiger partial charge < -0.3 is 9.84 Å². The summed E-state index contributed by atoms with van der Waals surface area (Å²) < 4.78 is 17.7. The van der Waals surface area contributed by atoms with E-state index in [2.05, 4.69) is 17.4 Å². The van der Waals surface area contributed by atoms with E-state index >= 15 is 0 Å². The molecule has 1 aromatic rings. The highest BCUT2D eigenvalue weighted by atomic mass is 32.1. The smallest absolute Gasteiger partial charge is 0.339 e. The molecule has 0 aliphatic carbocycles. The molecular weight excluding hydrogens is 223 g/mol. The first-order chi connectivity index (χ1) is 7.06. The monoisotopic (exact) mass is 230 g/mol. The summed E-state index contributed by atoms with van der Waals surface area (Å²) in [6, 6.07) is 3.37. The fraction of sp³-hybridized carbons (Fsp3) is 0.111. The Hall–Kier alpha value is -1.56. The average molecular weight is 230 g/mol. The van der Waals surface area contributed by atoms with E-state index in [1.807, 2.05) is 0 Å². The standard InChI is InChI=1S/C9H7FO4S/c10-6-3-1-2-5(9(12)13)8(6)14-7(11)4-15/h1-3,15H,4H2,(H,12,13). The highest BCUT2D eigenvalue weighted by molar-refractivity contribution is 7.81. The third-order valence-electron chi connectivity index (χ3n) is 1.54. The van der Waals surface area contributed by atoms with Gasteiger partial charge in [-0.05, 0) is 12.1 Å². The molecule has 0 bridgehead atoms. The van der Waals surface area contributed by atoms with Gasteiger partial charge in [-0.1, -0.05) is 6.07 Å². The van der Waals surface area contributed by atoms with Crippen LogP contribution in [0.1, 0.15) is 10.4 Å². The Morgan fingerprint density at radius 2 is 2.13 bits per heavy atom. The number of rotatable bonds is 3. The summed E-state index contributed by atoms with van der Waals surface area (Å²) in [4.78, 5) is 21.5. The second kappa shape index (κ2) is 4.79. The van der Waals surface area contributed by atoms with E-state index in [0.717, 1.165) is 12.1 Å². The van der Waals surface area contributed by atoms with Gasteiger partial charge in [0.05, 0.1) is 5.75 Å². The molecule has 0 amide bonds. The van der Waals surface area contributed by atoms with Crippen LogP contribution >= 0.6 is 12.6 Å². The number of hydrogen-bond acceptors (Lipinski definition) is 4. The van der Waals surface area contributed by atoms with E-state index in [1.165, 1.54) is 6.07 Å². The molecule has 1 N–H and O–H groups in total. The molecule has 0 aromatic heterocycles. The first-order valence-corrected chi connectivity index (χ1v) is 4.53. The number of carboxylic acid groups (broad SMARTS) is 1. The number of esters is 1. The third kappa shape index (κ3) is 2.69. The summed E-state index contributed by atoms with van der Waals surface area (Å²) in [6.45, 7) is 0. The average Bonchev–Trinajstić information content (AvgIpc) is 2.20. The maximum absolute atomic E-state index is 13.1. The molecule has 15 heavy (non-hydrogen) atoms. The van der Waals surface area contributed by atoms with Gasteiger partial charge in [0.25, 0.3) is 0 Å². The van der Waals surface area contributed by atoms with E-state index in [1.54, 1.807) is 0 Å². The number of hydrogen-bond donors (Lipinski definition) is 2. The Morgan fingerprint density at radius 1 is 1.47 bits per heavy atom. The molecule has 0 spiro atoms. The van der Waals surface area contributed by atoms with Crippen LogP contribution in [-0.2, 0) is 4.79 Å². The largest absolute Gasteiger partial charge is 0.478 e. The molecule has 0 aliphatic rings. The number of para-hydroxylation sites is 1. The molecule has 80 valence electrons. The van der Waals surface area contributed by atoms with Crippen LogP contribution in [0.4, 0.5) is 4.39 Å². The SMILES string of the molecule is O=C(CS)Oc1c(F)cccc1C(=O)O. The van der Waals surface area contributed by atoms with Gasteiger partial charge in [-0.25, -0.2) is 9.18 Å². The summed E-state index contributed by atoms with van der Waals surface area (Å²) in [5.41, 5.74) is -0.398. The summed E-state index contributed by atoms with van der Waals surface area (Å²) in [5, 5.41) is 8.70. The van der Waals surface area contributed by atoms with Gasteiger partial charge in [0.1, 0.15) is 5.56 Å². The van der Waals surface area contributed by atoms with Crippen LogP contribution in [0.25, 0.3) is 0 Å². The molecule has 6 heteroatoms. The molecule has 1 rings (SSSR count). The maximum atomic E-state index is 13.1. The molecule has 0 unspecified atom stereocenters. The normalized spacial score (nSPS) is 9.73. The van der Waals surface area contributed by atoms with Crippen molar-refractivity contribution >= 4 is 24.6 Å². The number of carboxylic acids is 1. The van der Waals surface area contributed by atoms with Gasteiger partial charge >= 0.3 is 11.9 Å². The van der Waals surface area contributed by atoms with E-state index in [-0.39, 0.29) is 5.75 Å². The van der Waals surface area contributed by atoms with Crippen LogP contribution in [0.2, 0.25) is 0 Å². The number of carbonyl (C=O) groups is 2. The Balaban J connectivity index is 3.13. The third-order valence-corrected chi connectivity index (χ3v) is 1.80. The van der Waals surface area contributed by atoms with Crippen LogP contribution in [0.3, 0.4) is 0 Å². The number of thiol groups is 1. The van der Waals surface area contributed by atoms with Crippen molar-refractivity contribution in [2.75, 3.05) is 5.75 Å². The summed E-state index contributed by atoms with van der Waals surface area (Å²) in [7, 11) is 0. The van der Waals surface area contributed by atoms with E-state index in [0.29, 0.717) is 0 Å². The van der Waals surface area contributed by atoms with Crippen molar-refractivity contribution in [1.29, 1.82) is 0 Å². The minimum atomic E-state index is -1.36. The molecule has 1 aromatic carbocycles. The van der Waals surface area contributed by atoms with Gasteiger partial charge in [0.2, 0.25) is 0 Å². The van der Waals surface area contributed by atoms with Crippen molar-refractivity contribution in [3.8, 4) is 5.75 Å². The van der Waals surface area contributed by atoms with Crippen LogP contribution < -0.4 is 4.74 Å². The molecule has 0 heterocycles. The van der Waals surface area contributed by atoms with Gasteiger partial charge in [0, 0.05) is 0 Å². The molecule has 0 atom stereocenters. The topological polar surface area (TPSA) is 63.6 Å². The Kier molecular flexibility index (Phi) is 3.68. The fourth-order valence-electron chi connectivity index (χ4n) is 0.927. The van der Waals surface area contributed by atoms with Crippen LogP contribution in [0.5, 0.6) is 5.75 Å². The number of ether oxygens (including phenoxy) is 1. The molecule has 0 fully saturated rings. The second-order valence-corrected chi connectivity index (χ2v) is 2.87. The van der Waals surface area contributed by atoms with Crippen molar-refractivity contribution in [3.05, 3.63) is 29.6 Å². The number of aromatic carboxylic acids is 1. The van der Waals surface area contributed by atoms with E-state index in [9.17, 15) is 14.0 Å². The Labute approximate surface area is 90.1 Å². The molecule has 0 radical (unpaired) electrons. The lowest BCUT2D eigenvalue weighted by molar-refractivity contribution is -0.131. The highest BCUT2D eigenvalue weighted by Gasteiger charge is 2.17. The van der Waals surface area contributed by atoms with Crippen molar-refractivity contribution in [2.45, 2.75) is 0 Å². The van der Waals surface area contributed by atoms with Crippen molar-refractivity contribution < 1.29 is 23.8 Å². The predicted octanol–water partition coefficient (Wildman–Crippen LogP) is 1.36. The fourth-order valence-corrected chi connectivity index (χ4v) is 0.992. The zero-order valence-corrected chi connectivity index (χ0v) is 8.33. The van der Waals surface area contributed by atoms with Gasteiger partial charge in [-0.2, -0.15) is 12.6 Å². The number of carbonyl (C=O) groups excluding carboxylic acids is 1. The van der Waals surface area contributed by atoms with E-state index < -0.39 is 29.1 Å². The van der Waals surface area contributed by atoms with Gasteiger partial charge in [-0.3, -0.25) is 4.79 Å². The number of benzene rings is 1. The van der Waals surface area contributed by atoms with Crippen molar-refractivity contribution in [2.24, 2.45) is 0 Å². The quantitative estimate of drug-likeness (QED) is 0.467. The second-order valence-electron chi connectivity index (χ2n) is 2.55. The Bertz CT molecular complexity index is 405. The first-order valence-electron chi connectivity index (χ1n) is 3.89. The zero-order valence-electron chi connectivity index (χ0n) is 7.44. The lowest BCUT2D eigenvalue weighted by Gasteiger charge is -2.06. The number of halogens is 1. The molecule has 0 saturated heterocycles. The Morgan fingerprint density at radius 3 is 2.67 bits per heavy atom. The van der Waals surface area contributed by atoms with Crippen LogP contribution in [0, 0.1) is 5.82 Å². The van der Waals surface area contributed by atoms with Crippen molar-refractivity contribution in [1.82, 2.24) is 0 Å². The molecule has 0 aliphatic heterocycles. The first kappa shape index (κ1) is 11.5. The predicted molar refractivity (Wildman–Crippen MR) is 52.8 cm³/mol. The minimum absolute atomic E-state index is 0.257. The highest BCUT2D eigenvalue weighted by Crippen LogP contribution is 2.22. The van der Waals surface area contributed by atoms with E-state index in [4.69, 9.17) is 5.11 Å². The lowest BCUT2D eigenvalue weighted by Crippen LogP contribution is -2.13. The maximum Gasteiger partial charge on any atom is 0.339 e. The van der Waals surface area contributed by atoms with Gasteiger partial charge in [-0.15, -0.1) is 0 Å². The summed E-state index contributed by atoms with van der Waals surface area (Å²) >= 11 is 3.62. The van der Waals surface area contributed by atoms with Crippen LogP contribution in [0.15, 0.2) is 18.2 Å². The minimum Gasteiger partial charge on any atom is -0.478 e. The van der Waals surface area contributed by atoms with Gasteiger partial charge in [0.15, 0.2) is 11.6 Å². The summed E-state index contributed by atoms with van der Waals surface area (Å²) in [6.07, 6.45) is 0. The van der Waals surface area contributed by atoms with Crippen molar-refractivity contribution in [3.63, 3.8) is 0 Å². The molecular formula is C9H7FO4S. The molecule has 0 saturated carbocycles. The lowest BCUT2D eigenvalue weighted by atomic mass is 10.2. The summed E-state index contributed by atoms with van der Waals surface area (Å²) in [5.74, 6) is -3.91. The molecule has 4 nitrogen and oxygen atoms in total.